The summed E-state index contributed by atoms with van der Waals surface area (Å²) in [7, 11) is -1.26. The summed E-state index contributed by atoms with van der Waals surface area (Å²) in [6.07, 6.45) is 4.50. The summed E-state index contributed by atoms with van der Waals surface area (Å²) in [6.45, 7) is 6.64. The van der Waals surface area contributed by atoms with Gasteiger partial charge in [-0.3, -0.25) is 0 Å². The van der Waals surface area contributed by atoms with E-state index in [9.17, 15) is 5.11 Å². The van der Waals surface area contributed by atoms with Crippen LogP contribution in [0.4, 0.5) is 0 Å². The second-order valence-corrected chi connectivity index (χ2v) is 11.1. The topological polar surface area (TPSA) is 20.2 Å². The summed E-state index contributed by atoms with van der Waals surface area (Å²) in [4.78, 5) is 2.36. The first-order valence-electron chi connectivity index (χ1n) is 7.38. The Hall–Kier alpha value is -0.930. The van der Waals surface area contributed by atoms with Gasteiger partial charge in [0, 0.05) is 15.8 Å². The number of benzene rings is 2. The van der Waals surface area contributed by atoms with Crippen molar-refractivity contribution in [3.05, 3.63) is 53.6 Å². The van der Waals surface area contributed by atoms with Crippen molar-refractivity contribution in [1.82, 2.24) is 0 Å². The maximum atomic E-state index is 10.8. The number of rotatable bonds is 3. The monoisotopic (exact) mass is 380 g/mol. The van der Waals surface area contributed by atoms with Gasteiger partial charge in [-0.25, -0.2) is 0 Å². The van der Waals surface area contributed by atoms with Crippen molar-refractivity contribution in [2.75, 3.05) is 12.5 Å². The van der Waals surface area contributed by atoms with Crippen molar-refractivity contribution in [2.24, 2.45) is 0 Å². The average molecular weight is 381 g/mol. The maximum Gasteiger partial charge on any atom is 0.131 e. The summed E-state index contributed by atoms with van der Waals surface area (Å²) < 4.78 is 0. The molecule has 0 amide bonds. The third-order valence-corrected chi connectivity index (χ3v) is 7.51. The molecule has 1 nitrogen and oxygen atoms in total. The molecule has 0 aromatic heterocycles. The summed E-state index contributed by atoms with van der Waals surface area (Å²) >= 11 is 3.52. The van der Waals surface area contributed by atoms with Crippen molar-refractivity contribution < 1.29 is 5.11 Å². The molecule has 0 atom stereocenters. The second-order valence-electron chi connectivity index (χ2n) is 7.01. The zero-order valence-corrected chi connectivity index (χ0v) is 16.4. The van der Waals surface area contributed by atoms with Crippen LogP contribution in [0.1, 0.15) is 31.9 Å². The van der Waals surface area contributed by atoms with Gasteiger partial charge in [0.25, 0.3) is 0 Å². The Morgan fingerprint density at radius 1 is 1.05 bits per heavy atom. The van der Waals surface area contributed by atoms with Crippen molar-refractivity contribution in [1.29, 1.82) is 0 Å². The van der Waals surface area contributed by atoms with Crippen molar-refractivity contribution in [3.63, 3.8) is 0 Å². The van der Waals surface area contributed by atoms with Crippen LogP contribution in [-0.4, -0.2) is 17.6 Å². The van der Waals surface area contributed by atoms with E-state index in [2.05, 4.69) is 85.6 Å². The molecule has 1 N–H and O–H groups in total. The normalized spacial score (nSPS) is 13.2. The number of hydrogen-bond acceptors (Lipinski definition) is 1. The third-order valence-electron chi connectivity index (χ3n) is 4.05. The fourth-order valence-electron chi connectivity index (χ4n) is 2.48. The summed E-state index contributed by atoms with van der Waals surface area (Å²) in [6, 6.07) is 14.8. The largest absolute Gasteiger partial charge is 0.507 e. The molecule has 0 saturated carbocycles. The maximum absolute atomic E-state index is 10.8. The lowest BCUT2D eigenvalue weighted by atomic mass is 9.86. The molecule has 2 aromatic rings. The minimum Gasteiger partial charge on any atom is -0.507 e. The molecule has 2 rings (SSSR count). The number of alkyl halides is 1. The molecular formula is C19H25BrOS. The zero-order valence-electron chi connectivity index (χ0n) is 14.0. The fraction of sp³-hybridized carbons (Fsp3) is 0.368. The van der Waals surface area contributed by atoms with Gasteiger partial charge < -0.3 is 5.11 Å². The molecule has 3 heteroatoms. The Bertz CT molecular complexity index is 657. The van der Waals surface area contributed by atoms with Gasteiger partial charge in [-0.2, -0.15) is 10.0 Å². The van der Waals surface area contributed by atoms with Crippen molar-refractivity contribution >= 4 is 26.0 Å². The first-order chi connectivity index (χ1) is 10.2. The standard InChI is InChI=1S/C19H25BrOS/c1-19(2,3)15-11-14(13-20)18(21)17(12-15)22(4,5)16-9-7-6-8-10-16/h6-12,21H,13H2,1-5H3. The van der Waals surface area contributed by atoms with Crippen LogP contribution in [0, 0.1) is 0 Å². The van der Waals surface area contributed by atoms with E-state index in [0.29, 0.717) is 11.1 Å². The van der Waals surface area contributed by atoms with Crippen LogP contribution >= 0.6 is 26.0 Å². The Kier molecular flexibility index (Phi) is 4.98. The zero-order chi connectivity index (χ0) is 16.5. The van der Waals surface area contributed by atoms with E-state index >= 15 is 0 Å². The lowest BCUT2D eigenvalue weighted by molar-refractivity contribution is 0.455. The van der Waals surface area contributed by atoms with Crippen LogP contribution in [-0.2, 0) is 10.7 Å². The molecule has 0 bridgehead atoms. The minimum atomic E-state index is -1.26. The highest BCUT2D eigenvalue weighted by atomic mass is 79.9. The minimum absolute atomic E-state index is 0.0611. The quantitative estimate of drug-likeness (QED) is 0.640. The SMILES string of the molecule is CC(C)(C)c1cc(CBr)c(O)c(S(C)(C)c2ccccc2)c1. The van der Waals surface area contributed by atoms with Gasteiger partial charge in [0.15, 0.2) is 0 Å². The third kappa shape index (κ3) is 3.36. The molecule has 0 spiro atoms. The van der Waals surface area contributed by atoms with E-state index in [0.717, 1.165) is 10.5 Å². The van der Waals surface area contributed by atoms with Crippen LogP contribution in [0.2, 0.25) is 0 Å². The summed E-state index contributed by atoms with van der Waals surface area (Å²) in [5.41, 5.74) is 2.30. The highest BCUT2D eigenvalue weighted by Crippen LogP contribution is 2.60. The summed E-state index contributed by atoms with van der Waals surface area (Å²) in [5, 5.41) is 11.4. The first-order valence-corrected chi connectivity index (χ1v) is 11.0. The van der Waals surface area contributed by atoms with Gasteiger partial charge in [-0.05, 0) is 46.6 Å². The molecule has 0 saturated heterocycles. The number of halogens is 1. The van der Waals surface area contributed by atoms with Crippen LogP contribution < -0.4 is 0 Å². The first kappa shape index (κ1) is 17.4. The molecular weight excluding hydrogens is 356 g/mol. The van der Waals surface area contributed by atoms with E-state index in [1.54, 1.807) is 0 Å². The highest BCUT2D eigenvalue weighted by molar-refractivity contribution is 9.08. The number of phenolic OH excluding ortho intramolecular Hbond substituents is 1. The van der Waals surface area contributed by atoms with Gasteiger partial charge in [0.2, 0.25) is 0 Å². The van der Waals surface area contributed by atoms with Gasteiger partial charge >= 0.3 is 0 Å². The molecule has 120 valence electrons. The van der Waals surface area contributed by atoms with Gasteiger partial charge in [0.05, 0.1) is 0 Å². The second kappa shape index (κ2) is 6.29. The predicted molar refractivity (Wildman–Crippen MR) is 102 cm³/mol. The van der Waals surface area contributed by atoms with Gasteiger partial charge in [0.1, 0.15) is 5.75 Å². The number of hydrogen-bond donors (Lipinski definition) is 1. The van der Waals surface area contributed by atoms with Gasteiger partial charge in [-0.15, -0.1) is 0 Å². The molecule has 0 aliphatic rings. The predicted octanol–water partition coefficient (Wildman–Crippen LogP) is 6.07. The molecule has 0 heterocycles. The summed E-state index contributed by atoms with van der Waals surface area (Å²) in [5.74, 6) is 0.439. The molecule has 0 fully saturated rings. The van der Waals surface area contributed by atoms with E-state index in [1.165, 1.54) is 10.5 Å². The fourth-order valence-corrected chi connectivity index (χ4v) is 5.03. The van der Waals surface area contributed by atoms with E-state index in [-0.39, 0.29) is 5.41 Å². The molecule has 0 aliphatic heterocycles. The van der Waals surface area contributed by atoms with Crippen molar-refractivity contribution in [2.45, 2.75) is 41.3 Å². The molecule has 0 radical (unpaired) electrons. The lowest BCUT2D eigenvalue weighted by Crippen LogP contribution is -2.13. The van der Waals surface area contributed by atoms with E-state index < -0.39 is 10.0 Å². The smallest absolute Gasteiger partial charge is 0.131 e. The molecule has 0 aliphatic carbocycles. The molecule has 2 aromatic carbocycles. The Labute approximate surface area is 144 Å². The van der Waals surface area contributed by atoms with E-state index in [1.807, 2.05) is 6.07 Å². The van der Waals surface area contributed by atoms with Crippen LogP contribution in [0.5, 0.6) is 5.75 Å². The van der Waals surface area contributed by atoms with Crippen LogP contribution in [0.3, 0.4) is 0 Å². The lowest BCUT2D eigenvalue weighted by Gasteiger charge is -2.35. The highest BCUT2D eigenvalue weighted by Gasteiger charge is 2.26. The van der Waals surface area contributed by atoms with Gasteiger partial charge in [-0.1, -0.05) is 61.0 Å². The molecule has 22 heavy (non-hydrogen) atoms. The Balaban J connectivity index is 2.68. The number of aromatic hydroxyl groups is 1. The van der Waals surface area contributed by atoms with Crippen molar-refractivity contribution in [3.8, 4) is 5.75 Å². The van der Waals surface area contributed by atoms with E-state index in [4.69, 9.17) is 0 Å². The Morgan fingerprint density at radius 2 is 1.64 bits per heavy atom. The average Bonchev–Trinajstić information content (AvgIpc) is 2.47. The molecule has 0 unspecified atom stereocenters. The Morgan fingerprint density at radius 3 is 2.14 bits per heavy atom. The number of phenols is 1. The van der Waals surface area contributed by atoms with Crippen LogP contribution in [0.15, 0.2) is 52.3 Å². The van der Waals surface area contributed by atoms with Crippen LogP contribution in [0.25, 0.3) is 0 Å².